The molecule has 0 aliphatic carbocycles. The van der Waals surface area contributed by atoms with E-state index in [0.717, 1.165) is 27.7 Å². The zero-order valence-electron chi connectivity index (χ0n) is 12.3. The van der Waals surface area contributed by atoms with Crippen LogP contribution in [0.2, 0.25) is 0 Å². The summed E-state index contributed by atoms with van der Waals surface area (Å²) in [6.45, 7) is 0. The Morgan fingerprint density at radius 3 is 2.52 bits per heavy atom. The second-order valence-electron chi connectivity index (χ2n) is 5.34. The Morgan fingerprint density at radius 2 is 1.70 bits per heavy atom. The van der Waals surface area contributed by atoms with Gasteiger partial charge in [-0.05, 0) is 28.9 Å². The average Bonchev–Trinajstić information content (AvgIpc) is 3.11. The van der Waals surface area contributed by atoms with Gasteiger partial charge in [0.25, 0.3) is 0 Å². The molecular weight excluding hydrogens is 283 g/mol. The predicted octanol–water partition coefficient (Wildman–Crippen LogP) is 2.33. The van der Waals surface area contributed by atoms with Gasteiger partial charge in [0.1, 0.15) is 7.85 Å². The number of imidazole rings is 1. The number of benzene rings is 1. The van der Waals surface area contributed by atoms with Gasteiger partial charge in [-0.3, -0.25) is 9.97 Å². The zero-order chi connectivity index (χ0) is 15.6. The van der Waals surface area contributed by atoms with E-state index in [0.29, 0.717) is 5.59 Å². The lowest BCUT2D eigenvalue weighted by atomic mass is 9.82. The Bertz CT molecular complexity index is 945. The summed E-state index contributed by atoms with van der Waals surface area (Å²) < 4.78 is 0. The fourth-order valence-electron chi connectivity index (χ4n) is 2.96. The first-order valence-corrected chi connectivity index (χ1v) is 7.37. The Hall–Kier alpha value is -2.95. The second kappa shape index (κ2) is 5.68. The molecule has 1 aromatic carbocycles. The number of H-pyrrole nitrogens is 1. The van der Waals surface area contributed by atoms with Gasteiger partial charge in [0.05, 0.1) is 17.8 Å². The summed E-state index contributed by atoms with van der Waals surface area (Å²) in [7, 11) is 6.14. The minimum Gasteiger partial charge on any atom is -0.348 e. The number of nitrogens with one attached hydrogen (secondary N) is 1. The molecule has 4 nitrogen and oxygen atoms in total. The number of rotatable bonds is 3. The Kier molecular flexibility index (Phi) is 3.39. The first-order chi connectivity index (χ1) is 11.3. The van der Waals surface area contributed by atoms with E-state index in [1.54, 1.807) is 12.5 Å². The molecule has 0 saturated heterocycles. The van der Waals surface area contributed by atoms with Crippen LogP contribution in [0.4, 0.5) is 0 Å². The van der Waals surface area contributed by atoms with E-state index in [4.69, 9.17) is 7.85 Å². The van der Waals surface area contributed by atoms with Crippen molar-refractivity contribution in [2.24, 2.45) is 0 Å². The van der Waals surface area contributed by atoms with Crippen molar-refractivity contribution >= 4 is 24.3 Å². The molecule has 1 unspecified atom stereocenters. The molecule has 4 rings (SSSR count). The van der Waals surface area contributed by atoms with Gasteiger partial charge >= 0.3 is 0 Å². The van der Waals surface area contributed by atoms with Crippen LogP contribution in [-0.4, -0.2) is 27.8 Å². The van der Waals surface area contributed by atoms with Crippen molar-refractivity contribution in [1.29, 1.82) is 0 Å². The van der Waals surface area contributed by atoms with Gasteiger partial charge in [-0.1, -0.05) is 30.3 Å². The van der Waals surface area contributed by atoms with Crippen molar-refractivity contribution in [3.63, 3.8) is 0 Å². The molecule has 0 aliphatic heterocycles. The molecule has 0 bridgehead atoms. The lowest BCUT2D eigenvalue weighted by Gasteiger charge is -2.19. The number of hydrogen-bond donors (Lipinski definition) is 1. The molecule has 0 aliphatic rings. The first kappa shape index (κ1) is 13.7. The molecule has 2 radical (unpaired) electrons. The summed E-state index contributed by atoms with van der Waals surface area (Å²) in [6, 6.07) is 14.1. The van der Waals surface area contributed by atoms with E-state index in [2.05, 4.69) is 38.1 Å². The minimum absolute atomic E-state index is 0.0928. The van der Waals surface area contributed by atoms with Crippen molar-refractivity contribution in [3.8, 4) is 0 Å². The molecule has 0 saturated carbocycles. The highest BCUT2D eigenvalue weighted by Gasteiger charge is 2.22. The van der Waals surface area contributed by atoms with Crippen LogP contribution in [0.3, 0.4) is 0 Å². The topological polar surface area (TPSA) is 54.5 Å². The SMILES string of the molecule is [B]c1ncccc1C(c1cnc[nH]1)c1cccc2cccnc12. The third kappa shape index (κ3) is 2.40. The molecule has 0 amide bonds. The molecule has 3 aromatic heterocycles. The third-order valence-corrected chi connectivity index (χ3v) is 3.99. The average molecular weight is 296 g/mol. The molecule has 23 heavy (non-hydrogen) atoms. The molecule has 1 atom stereocenters. The first-order valence-electron chi connectivity index (χ1n) is 7.37. The molecule has 5 heteroatoms. The van der Waals surface area contributed by atoms with Crippen LogP contribution >= 0.6 is 0 Å². The van der Waals surface area contributed by atoms with E-state index in [1.165, 1.54) is 0 Å². The maximum atomic E-state index is 6.14. The Balaban J connectivity index is 2.01. The van der Waals surface area contributed by atoms with Crippen molar-refractivity contribution < 1.29 is 0 Å². The maximum Gasteiger partial charge on any atom is 0.142 e. The molecule has 108 valence electrons. The van der Waals surface area contributed by atoms with E-state index in [1.807, 2.05) is 36.7 Å². The number of aromatic nitrogens is 4. The lowest BCUT2D eigenvalue weighted by Crippen LogP contribution is -2.19. The van der Waals surface area contributed by atoms with Crippen LogP contribution in [0.15, 0.2) is 67.4 Å². The number of hydrogen-bond acceptors (Lipinski definition) is 3. The molecule has 1 N–H and O–H groups in total. The van der Waals surface area contributed by atoms with Crippen LogP contribution in [0.5, 0.6) is 0 Å². The van der Waals surface area contributed by atoms with Crippen molar-refractivity contribution in [2.75, 3.05) is 0 Å². The van der Waals surface area contributed by atoms with Gasteiger partial charge in [0.2, 0.25) is 0 Å². The third-order valence-electron chi connectivity index (χ3n) is 3.99. The van der Waals surface area contributed by atoms with Gasteiger partial charge in [-0.2, -0.15) is 0 Å². The highest BCUT2D eigenvalue weighted by molar-refractivity contribution is 6.31. The number of aromatic amines is 1. The largest absolute Gasteiger partial charge is 0.348 e. The summed E-state index contributed by atoms with van der Waals surface area (Å²) in [5.74, 6) is -0.0928. The van der Waals surface area contributed by atoms with Gasteiger partial charge < -0.3 is 4.98 Å². The predicted molar refractivity (Wildman–Crippen MR) is 90.9 cm³/mol. The fourth-order valence-corrected chi connectivity index (χ4v) is 2.96. The van der Waals surface area contributed by atoms with Gasteiger partial charge in [0, 0.05) is 29.7 Å². The van der Waals surface area contributed by atoms with E-state index < -0.39 is 0 Å². The van der Waals surface area contributed by atoms with E-state index >= 15 is 0 Å². The van der Waals surface area contributed by atoms with E-state index in [-0.39, 0.29) is 5.92 Å². The number of nitrogens with zero attached hydrogens (tertiary/aromatic N) is 3. The molecule has 0 spiro atoms. The Morgan fingerprint density at radius 1 is 0.913 bits per heavy atom. The van der Waals surface area contributed by atoms with Crippen LogP contribution in [0.25, 0.3) is 10.9 Å². The Labute approximate surface area is 135 Å². The van der Waals surface area contributed by atoms with Crippen molar-refractivity contribution in [2.45, 2.75) is 5.92 Å². The van der Waals surface area contributed by atoms with Crippen LogP contribution in [0, 0.1) is 0 Å². The summed E-state index contributed by atoms with van der Waals surface area (Å²) in [5, 5.41) is 1.09. The number of fused-ring (bicyclic) bond motifs is 1. The maximum absolute atomic E-state index is 6.14. The monoisotopic (exact) mass is 296 g/mol. The van der Waals surface area contributed by atoms with Crippen LogP contribution in [-0.2, 0) is 0 Å². The standard InChI is InChI=1S/C18H13BN4/c19-18-14(7-3-9-22-18)16(15-10-20-11-23-15)13-6-1-4-12-5-2-8-21-17(12)13/h1-11,16H,(H,20,23). The van der Waals surface area contributed by atoms with Gasteiger partial charge in [-0.15, -0.1) is 0 Å². The summed E-state index contributed by atoms with van der Waals surface area (Å²) in [4.78, 5) is 16.2. The molecule has 4 aromatic rings. The quantitative estimate of drug-likeness (QED) is 0.590. The van der Waals surface area contributed by atoms with Crippen LogP contribution < -0.4 is 5.59 Å². The summed E-state index contributed by atoms with van der Waals surface area (Å²) in [6.07, 6.45) is 7.00. The number of pyridine rings is 2. The summed E-state index contributed by atoms with van der Waals surface area (Å²) in [5.41, 5.74) is 4.45. The smallest absolute Gasteiger partial charge is 0.142 e. The van der Waals surface area contributed by atoms with Gasteiger partial charge in [0.15, 0.2) is 0 Å². The normalized spacial score (nSPS) is 12.3. The van der Waals surface area contributed by atoms with Crippen molar-refractivity contribution in [1.82, 2.24) is 19.9 Å². The second-order valence-corrected chi connectivity index (χ2v) is 5.34. The highest BCUT2D eigenvalue weighted by atomic mass is 14.9. The molecule has 3 heterocycles. The zero-order valence-corrected chi connectivity index (χ0v) is 12.3. The van der Waals surface area contributed by atoms with Gasteiger partial charge in [-0.25, -0.2) is 4.98 Å². The summed E-state index contributed by atoms with van der Waals surface area (Å²) >= 11 is 0. The molecular formula is C18H13BN4. The van der Waals surface area contributed by atoms with E-state index in [9.17, 15) is 0 Å². The van der Waals surface area contributed by atoms with Crippen molar-refractivity contribution in [3.05, 3.63) is 84.2 Å². The molecule has 0 fully saturated rings. The fraction of sp³-hybridized carbons (Fsp3) is 0.0556. The minimum atomic E-state index is -0.0928. The number of para-hydroxylation sites is 1. The van der Waals surface area contributed by atoms with Crippen LogP contribution in [0.1, 0.15) is 22.7 Å². The highest BCUT2D eigenvalue weighted by Crippen LogP contribution is 2.33. The lowest BCUT2D eigenvalue weighted by molar-refractivity contribution is 0.938.